The van der Waals surface area contributed by atoms with Crippen LogP contribution in [0.3, 0.4) is 0 Å². The first-order chi connectivity index (χ1) is 10.4. The molecule has 0 fully saturated rings. The van der Waals surface area contributed by atoms with Gasteiger partial charge in [0.15, 0.2) is 0 Å². The summed E-state index contributed by atoms with van der Waals surface area (Å²) in [5.41, 5.74) is 0. The van der Waals surface area contributed by atoms with Crippen LogP contribution in [0.5, 0.6) is 0 Å². The van der Waals surface area contributed by atoms with Crippen molar-refractivity contribution in [1.29, 1.82) is 0 Å². The summed E-state index contributed by atoms with van der Waals surface area (Å²) in [7, 11) is 0. The van der Waals surface area contributed by atoms with Gasteiger partial charge in [-0.15, -0.1) is 0 Å². The van der Waals surface area contributed by atoms with Crippen LogP contribution in [-0.2, 0) is 15.7 Å². The number of hydrogen-bond acceptors (Lipinski definition) is 4. The Balaban J connectivity index is 4.71. The van der Waals surface area contributed by atoms with Gasteiger partial charge in [0.2, 0.25) is 0 Å². The van der Waals surface area contributed by atoms with Crippen molar-refractivity contribution < 1.29 is 15.7 Å². The van der Waals surface area contributed by atoms with E-state index in [0.717, 1.165) is 26.6 Å². The second-order valence-corrected chi connectivity index (χ2v) is 32.4. The molecule has 0 saturated heterocycles. The number of rotatable bonds is 10. The van der Waals surface area contributed by atoms with E-state index in [0.29, 0.717) is 0 Å². The Morgan fingerprint density at radius 3 is 1.05 bits per heavy atom. The maximum atomic E-state index is 12.0. The van der Waals surface area contributed by atoms with Crippen molar-refractivity contribution in [3.05, 3.63) is 12.2 Å². The van der Waals surface area contributed by atoms with E-state index in [9.17, 15) is 9.59 Å². The molecule has 0 aliphatic rings. The summed E-state index contributed by atoms with van der Waals surface area (Å²) in [5.74, 6) is -0.743. The van der Waals surface area contributed by atoms with Crippen molar-refractivity contribution in [3.63, 3.8) is 0 Å². The Bertz CT molecular complexity index is 333. The number of hydrogen-bond donors (Lipinski definition) is 0. The molecule has 22 heavy (non-hydrogen) atoms. The maximum absolute atomic E-state index is 12.0. The molecule has 0 N–H and O–H groups in total. The Hall–Kier alpha value is 0.277. The van der Waals surface area contributed by atoms with Gasteiger partial charge in [-0.2, -0.15) is 0 Å². The zero-order chi connectivity index (χ0) is 17.2. The fraction of sp³-hybridized carbons (Fsp3) is 0.750. The number of carbonyl (C=O) groups excluding carboxylic acids is 2. The van der Waals surface area contributed by atoms with Crippen molar-refractivity contribution in [2.24, 2.45) is 0 Å². The van der Waals surface area contributed by atoms with Crippen molar-refractivity contribution in [1.82, 2.24) is 0 Å². The summed E-state index contributed by atoms with van der Waals surface area (Å²) < 4.78 is 17.4. The third-order valence-electron chi connectivity index (χ3n) is 4.86. The molecule has 0 aliphatic heterocycles. The van der Waals surface area contributed by atoms with Crippen LogP contribution in [0.1, 0.15) is 41.5 Å². The summed E-state index contributed by atoms with van der Waals surface area (Å²) in [6.07, 6.45) is 2.51. The molecule has 4 nitrogen and oxygen atoms in total. The van der Waals surface area contributed by atoms with Crippen molar-refractivity contribution >= 4 is 49.5 Å². The van der Waals surface area contributed by atoms with Crippen LogP contribution in [0.25, 0.3) is 0 Å². The summed E-state index contributed by atoms with van der Waals surface area (Å²) >= 11 is -5.49. The van der Waals surface area contributed by atoms with Gasteiger partial charge in [-0.05, 0) is 0 Å². The average Bonchev–Trinajstić information content (AvgIpc) is 2.56. The minimum atomic E-state index is -2.75. The predicted molar refractivity (Wildman–Crippen MR) is 95.7 cm³/mol. The van der Waals surface area contributed by atoms with Gasteiger partial charge in [0.1, 0.15) is 0 Å². The van der Waals surface area contributed by atoms with Gasteiger partial charge in [-0.25, -0.2) is 0 Å². The Labute approximate surface area is 144 Å². The van der Waals surface area contributed by atoms with Gasteiger partial charge in [-0.1, -0.05) is 0 Å². The minimum absolute atomic E-state index is 0.372. The molecule has 0 aromatic heterocycles. The van der Waals surface area contributed by atoms with Crippen LogP contribution in [0.4, 0.5) is 0 Å². The van der Waals surface area contributed by atoms with Gasteiger partial charge in [0.25, 0.3) is 0 Å². The first-order valence-corrected chi connectivity index (χ1v) is 22.9. The molecule has 0 bridgehead atoms. The standard InChI is InChI=1S/C4H4O4.6C2H5.2Sn/c5-3(6)1-2-4(7)8;6*1-2;;/h1-2H,(H,5,6)(H,7,8);6*1H2,2H3;;/q;;;;;;;2*+1/p-2/b2-1-;;;;;;;;. The van der Waals surface area contributed by atoms with E-state index in [4.69, 9.17) is 6.15 Å². The summed E-state index contributed by atoms with van der Waals surface area (Å²) in [5, 5.41) is 0. The molecule has 0 radical (unpaired) electrons. The zero-order valence-electron chi connectivity index (χ0n) is 15.0. The second-order valence-electron chi connectivity index (χ2n) is 5.66. The van der Waals surface area contributed by atoms with Gasteiger partial charge in [0.05, 0.1) is 0 Å². The molecule has 6 heteroatoms. The van der Waals surface area contributed by atoms with E-state index in [2.05, 4.69) is 41.5 Å². The summed E-state index contributed by atoms with van der Waals surface area (Å²) in [4.78, 5) is 23.9. The Morgan fingerprint density at radius 1 is 0.636 bits per heavy atom. The SMILES string of the molecule is C[CH2][Sn]([CH2]C)([CH2]C)[O]C(=O)/C=C\C(=O)[O][Sn]([CH2]C)([CH2]C)[CH2]C. The van der Waals surface area contributed by atoms with Crippen molar-refractivity contribution in [2.75, 3.05) is 0 Å². The van der Waals surface area contributed by atoms with Gasteiger partial charge in [-0.3, -0.25) is 0 Å². The summed E-state index contributed by atoms with van der Waals surface area (Å²) in [6.45, 7) is 12.6. The zero-order valence-corrected chi connectivity index (χ0v) is 20.7. The molecule has 0 spiro atoms. The van der Waals surface area contributed by atoms with Crippen LogP contribution < -0.4 is 0 Å². The van der Waals surface area contributed by atoms with Gasteiger partial charge in [0, 0.05) is 0 Å². The van der Waals surface area contributed by atoms with E-state index in [1.807, 2.05) is 0 Å². The van der Waals surface area contributed by atoms with Crippen LogP contribution in [0.15, 0.2) is 12.2 Å². The first-order valence-electron chi connectivity index (χ1n) is 8.50. The molecule has 0 aliphatic carbocycles. The molecule has 0 heterocycles. The molecule has 0 aromatic rings. The topological polar surface area (TPSA) is 52.6 Å². The average molecular weight is 526 g/mol. The van der Waals surface area contributed by atoms with Gasteiger partial charge >= 0.3 is 146 Å². The fourth-order valence-corrected chi connectivity index (χ4v) is 16.4. The molecule has 0 unspecified atom stereocenters. The third-order valence-corrected chi connectivity index (χ3v) is 30.5. The molecule has 0 atom stereocenters. The van der Waals surface area contributed by atoms with E-state index < -0.39 is 37.6 Å². The second kappa shape index (κ2) is 10.9. The van der Waals surface area contributed by atoms with Crippen LogP contribution in [-0.4, -0.2) is 49.5 Å². The van der Waals surface area contributed by atoms with Crippen LogP contribution in [0, 0.1) is 0 Å². The molecule has 0 amide bonds. The Kier molecular flexibility index (Phi) is 11.1. The normalized spacial score (nSPS) is 12.5. The molecule has 128 valence electrons. The molecule has 0 saturated carbocycles. The van der Waals surface area contributed by atoms with Crippen LogP contribution >= 0.6 is 0 Å². The van der Waals surface area contributed by atoms with E-state index in [1.165, 1.54) is 12.2 Å². The van der Waals surface area contributed by atoms with Crippen molar-refractivity contribution in [3.8, 4) is 0 Å². The number of carbonyl (C=O) groups is 2. The van der Waals surface area contributed by atoms with Crippen molar-refractivity contribution in [2.45, 2.75) is 68.2 Å². The summed E-state index contributed by atoms with van der Waals surface area (Å²) in [6, 6.07) is 0. The van der Waals surface area contributed by atoms with Gasteiger partial charge < -0.3 is 0 Å². The fourth-order valence-electron chi connectivity index (χ4n) is 2.56. The quantitative estimate of drug-likeness (QED) is 0.308. The van der Waals surface area contributed by atoms with E-state index in [-0.39, 0.29) is 11.9 Å². The monoisotopic (exact) mass is 528 g/mol. The third kappa shape index (κ3) is 6.80. The molecular formula is C16H32O4Sn2. The molecule has 0 aromatic carbocycles. The predicted octanol–water partition coefficient (Wildman–Crippen LogP) is 4.64. The molecule has 0 rings (SSSR count). The van der Waals surface area contributed by atoms with E-state index in [1.54, 1.807) is 0 Å². The first kappa shape index (κ1) is 22.3. The van der Waals surface area contributed by atoms with E-state index >= 15 is 0 Å². The molecular weight excluding hydrogens is 494 g/mol. The Morgan fingerprint density at radius 2 is 0.864 bits per heavy atom. The van der Waals surface area contributed by atoms with Crippen LogP contribution in [0.2, 0.25) is 26.6 Å².